The Bertz CT molecular complexity index is 2120. The lowest BCUT2D eigenvalue weighted by atomic mass is 10.0. The summed E-state index contributed by atoms with van der Waals surface area (Å²) in [6, 6.07) is 43.7. The molecule has 4 heteroatoms. The number of imidazole rings is 1. The van der Waals surface area contributed by atoms with Gasteiger partial charge in [-0.2, -0.15) is 0 Å². The fourth-order valence-corrected chi connectivity index (χ4v) is 5.45. The van der Waals surface area contributed by atoms with Gasteiger partial charge in [0.15, 0.2) is 11.5 Å². The molecule has 0 N–H and O–H groups in total. The summed E-state index contributed by atoms with van der Waals surface area (Å²) < 4.78 is 8.84. The molecule has 0 saturated heterocycles. The number of benzene rings is 5. The molecular formula is C34H21N3O. The van der Waals surface area contributed by atoms with Crippen LogP contribution in [0.1, 0.15) is 0 Å². The molecule has 8 rings (SSSR count). The van der Waals surface area contributed by atoms with Gasteiger partial charge in [-0.3, -0.25) is 4.57 Å². The van der Waals surface area contributed by atoms with Crippen molar-refractivity contribution in [2.75, 3.05) is 0 Å². The maximum atomic E-state index is 6.66. The molecular weight excluding hydrogens is 466 g/mol. The summed E-state index contributed by atoms with van der Waals surface area (Å²) in [6.07, 6.45) is 0. The van der Waals surface area contributed by atoms with Crippen LogP contribution in [0.5, 0.6) is 0 Å². The molecule has 8 aromatic rings. The van der Waals surface area contributed by atoms with Crippen LogP contribution in [0, 0.1) is 0 Å². The maximum absolute atomic E-state index is 6.66. The molecule has 0 atom stereocenters. The number of hydrogen-bond donors (Lipinski definition) is 0. The molecule has 38 heavy (non-hydrogen) atoms. The van der Waals surface area contributed by atoms with Crippen LogP contribution in [0.3, 0.4) is 0 Å². The van der Waals surface area contributed by atoms with Crippen molar-refractivity contribution in [3.05, 3.63) is 127 Å². The van der Waals surface area contributed by atoms with E-state index in [2.05, 4.69) is 95.6 Å². The molecule has 0 bridgehead atoms. The van der Waals surface area contributed by atoms with Gasteiger partial charge >= 0.3 is 0 Å². The molecule has 0 aliphatic carbocycles. The summed E-state index contributed by atoms with van der Waals surface area (Å²) in [5.41, 5.74) is 7.30. The van der Waals surface area contributed by atoms with Gasteiger partial charge in [-0.25, -0.2) is 9.97 Å². The van der Waals surface area contributed by atoms with E-state index in [1.165, 1.54) is 0 Å². The van der Waals surface area contributed by atoms with Gasteiger partial charge in [-0.1, -0.05) is 91.0 Å². The zero-order valence-corrected chi connectivity index (χ0v) is 20.4. The molecule has 0 aliphatic rings. The molecule has 0 saturated carbocycles. The molecule has 3 heterocycles. The molecule has 0 aliphatic heterocycles. The fourth-order valence-electron chi connectivity index (χ4n) is 5.45. The number of hydrogen-bond acceptors (Lipinski definition) is 3. The molecule has 4 nitrogen and oxygen atoms in total. The third-order valence-electron chi connectivity index (χ3n) is 7.23. The van der Waals surface area contributed by atoms with Gasteiger partial charge in [-0.05, 0) is 41.8 Å². The lowest BCUT2D eigenvalue weighted by Crippen LogP contribution is -1.97. The van der Waals surface area contributed by atoms with Crippen molar-refractivity contribution >= 4 is 43.9 Å². The number of pyridine rings is 1. The number of para-hydroxylation sites is 2. The van der Waals surface area contributed by atoms with Gasteiger partial charge in [0.2, 0.25) is 0 Å². The van der Waals surface area contributed by atoms with Crippen LogP contribution in [0.15, 0.2) is 132 Å². The average molecular weight is 488 g/mol. The molecule has 0 unspecified atom stereocenters. The minimum absolute atomic E-state index is 0.698. The first-order valence-electron chi connectivity index (χ1n) is 12.7. The van der Waals surface area contributed by atoms with Crippen molar-refractivity contribution in [2.45, 2.75) is 0 Å². The first-order chi connectivity index (χ1) is 18.8. The van der Waals surface area contributed by atoms with E-state index in [0.29, 0.717) is 5.65 Å². The van der Waals surface area contributed by atoms with Crippen LogP contribution in [0.25, 0.3) is 72.2 Å². The average Bonchev–Trinajstić information content (AvgIpc) is 3.56. The lowest BCUT2D eigenvalue weighted by molar-refractivity contribution is 0.673. The van der Waals surface area contributed by atoms with E-state index in [9.17, 15) is 0 Å². The van der Waals surface area contributed by atoms with E-state index in [-0.39, 0.29) is 0 Å². The Morgan fingerprint density at radius 1 is 0.526 bits per heavy atom. The van der Waals surface area contributed by atoms with Crippen molar-refractivity contribution in [3.63, 3.8) is 0 Å². The smallest absolute Gasteiger partial charge is 0.179 e. The first-order valence-corrected chi connectivity index (χ1v) is 12.7. The van der Waals surface area contributed by atoms with Gasteiger partial charge in [0, 0.05) is 27.4 Å². The van der Waals surface area contributed by atoms with Crippen molar-refractivity contribution < 1.29 is 4.42 Å². The van der Waals surface area contributed by atoms with Crippen molar-refractivity contribution in [3.8, 4) is 28.3 Å². The number of furan rings is 1. The molecule has 0 amide bonds. The van der Waals surface area contributed by atoms with E-state index in [1.807, 2.05) is 36.4 Å². The summed E-state index contributed by atoms with van der Waals surface area (Å²) in [5.74, 6) is 0.804. The summed E-state index contributed by atoms with van der Waals surface area (Å²) in [7, 11) is 0. The Balaban J connectivity index is 1.44. The number of rotatable bonds is 3. The topological polar surface area (TPSA) is 43.9 Å². The van der Waals surface area contributed by atoms with Gasteiger partial charge in [0.1, 0.15) is 11.2 Å². The van der Waals surface area contributed by atoms with Crippen molar-refractivity contribution in [1.82, 2.24) is 14.5 Å². The highest BCUT2D eigenvalue weighted by molar-refractivity contribution is 6.17. The second-order valence-electron chi connectivity index (χ2n) is 9.46. The van der Waals surface area contributed by atoms with E-state index in [0.717, 1.165) is 66.6 Å². The molecule has 0 radical (unpaired) electrons. The number of fused-ring (bicyclic) bond motifs is 6. The minimum Gasteiger partial charge on any atom is -0.455 e. The zero-order chi connectivity index (χ0) is 25.1. The Kier molecular flexibility index (Phi) is 4.49. The monoisotopic (exact) mass is 487 g/mol. The third-order valence-corrected chi connectivity index (χ3v) is 7.23. The van der Waals surface area contributed by atoms with Crippen LogP contribution >= 0.6 is 0 Å². The molecule has 0 spiro atoms. The normalized spacial score (nSPS) is 11.7. The highest BCUT2D eigenvalue weighted by Gasteiger charge is 2.21. The second-order valence-corrected chi connectivity index (χ2v) is 9.46. The predicted octanol–water partition coefficient (Wildman–Crippen LogP) is 8.81. The highest BCUT2D eigenvalue weighted by atomic mass is 16.3. The summed E-state index contributed by atoms with van der Waals surface area (Å²) >= 11 is 0. The number of aromatic nitrogens is 3. The van der Waals surface area contributed by atoms with E-state index in [4.69, 9.17) is 14.4 Å². The highest BCUT2D eigenvalue weighted by Crippen LogP contribution is 2.40. The quantitative estimate of drug-likeness (QED) is 0.250. The largest absolute Gasteiger partial charge is 0.455 e. The minimum atomic E-state index is 0.698. The summed E-state index contributed by atoms with van der Waals surface area (Å²) in [5, 5.41) is 4.45. The van der Waals surface area contributed by atoms with Crippen LogP contribution in [0.2, 0.25) is 0 Å². The van der Waals surface area contributed by atoms with E-state index < -0.39 is 0 Å². The molecule has 178 valence electrons. The first kappa shape index (κ1) is 20.9. The Hall–Kier alpha value is -5.22. The predicted molar refractivity (Wildman–Crippen MR) is 155 cm³/mol. The SMILES string of the molecule is c1ccc(-c2ccc3c(n2)nc(-c2cccc4c2oc2c5ccccc5ccc42)n3-c2ccccc2)cc1. The standard InChI is InChI=1S/C34H21N3O/c1-3-11-23(12-4-1)29-20-21-30-33(35-29)36-34(37(30)24-13-5-2-6-14-24)28-17-9-16-26-27-19-18-22-10-7-8-15-25(22)31(27)38-32(26)28/h1-21H. The van der Waals surface area contributed by atoms with Crippen molar-refractivity contribution in [1.29, 1.82) is 0 Å². The zero-order valence-electron chi connectivity index (χ0n) is 20.4. The Morgan fingerprint density at radius 3 is 2.13 bits per heavy atom. The van der Waals surface area contributed by atoms with Gasteiger partial charge < -0.3 is 4.42 Å². The molecule has 0 fully saturated rings. The fraction of sp³-hybridized carbons (Fsp3) is 0. The Labute approximate surface area is 218 Å². The molecule has 5 aromatic carbocycles. The van der Waals surface area contributed by atoms with Gasteiger partial charge in [0.25, 0.3) is 0 Å². The maximum Gasteiger partial charge on any atom is 0.179 e. The lowest BCUT2D eigenvalue weighted by Gasteiger charge is -2.10. The van der Waals surface area contributed by atoms with Crippen LogP contribution < -0.4 is 0 Å². The van der Waals surface area contributed by atoms with Gasteiger partial charge in [0.05, 0.1) is 16.8 Å². The second kappa shape index (κ2) is 8.15. The number of nitrogens with zero attached hydrogens (tertiary/aromatic N) is 3. The van der Waals surface area contributed by atoms with E-state index >= 15 is 0 Å². The van der Waals surface area contributed by atoms with Crippen LogP contribution in [-0.4, -0.2) is 14.5 Å². The van der Waals surface area contributed by atoms with E-state index in [1.54, 1.807) is 0 Å². The van der Waals surface area contributed by atoms with Crippen LogP contribution in [-0.2, 0) is 0 Å². The van der Waals surface area contributed by atoms with Gasteiger partial charge in [-0.15, -0.1) is 0 Å². The summed E-state index contributed by atoms with van der Waals surface area (Å²) in [4.78, 5) is 10.1. The molecule has 3 aromatic heterocycles. The third kappa shape index (κ3) is 3.10. The van der Waals surface area contributed by atoms with Crippen molar-refractivity contribution in [2.24, 2.45) is 0 Å². The summed E-state index contributed by atoms with van der Waals surface area (Å²) in [6.45, 7) is 0. The van der Waals surface area contributed by atoms with Crippen LogP contribution in [0.4, 0.5) is 0 Å². The Morgan fingerprint density at radius 2 is 1.26 bits per heavy atom.